The minimum atomic E-state index is -0.398. The fourth-order valence-corrected chi connectivity index (χ4v) is 1.22. The maximum absolute atomic E-state index is 11.5. The van der Waals surface area contributed by atoms with Crippen molar-refractivity contribution in [3.05, 3.63) is 11.4 Å². The zero-order chi connectivity index (χ0) is 11.8. The number of carbonyl (C=O) groups excluding carboxylic acids is 1. The molecule has 0 radical (unpaired) electrons. The molecule has 4 N–H and O–H groups in total. The van der Waals surface area contributed by atoms with Gasteiger partial charge in [0.15, 0.2) is 0 Å². The van der Waals surface area contributed by atoms with Crippen LogP contribution in [0.4, 0.5) is 0 Å². The van der Waals surface area contributed by atoms with Gasteiger partial charge in [0.05, 0.1) is 12.8 Å². The smallest absolute Gasteiger partial charge is 0.355 e. The number of rotatable bonds is 6. The van der Waals surface area contributed by atoms with E-state index in [9.17, 15) is 4.79 Å². The summed E-state index contributed by atoms with van der Waals surface area (Å²) >= 11 is 0. The Bertz CT molecular complexity index is 237. The molecular formula is C10H21N3O2. The summed E-state index contributed by atoms with van der Waals surface area (Å²) in [4.78, 5) is 11.5. The molecule has 0 amide bonds. The quantitative estimate of drug-likeness (QED) is 0.427. The summed E-state index contributed by atoms with van der Waals surface area (Å²) in [5.41, 5.74) is 6.88. The second kappa shape index (κ2) is 7.11. The van der Waals surface area contributed by atoms with Crippen molar-refractivity contribution in [2.75, 3.05) is 20.2 Å². The number of carbonyl (C=O) groups is 1. The Kier molecular flexibility index (Phi) is 6.53. The molecule has 15 heavy (non-hydrogen) atoms. The van der Waals surface area contributed by atoms with Crippen molar-refractivity contribution in [1.82, 2.24) is 10.6 Å². The predicted molar refractivity (Wildman–Crippen MR) is 60.0 cm³/mol. The Morgan fingerprint density at radius 3 is 2.20 bits per heavy atom. The maximum atomic E-state index is 11.5. The molecular weight excluding hydrogens is 194 g/mol. The average Bonchev–Trinajstić information content (AvgIpc) is 2.21. The Morgan fingerprint density at radius 2 is 1.87 bits per heavy atom. The van der Waals surface area contributed by atoms with E-state index in [1.165, 1.54) is 7.11 Å². The zero-order valence-electron chi connectivity index (χ0n) is 9.89. The highest BCUT2D eigenvalue weighted by atomic mass is 16.5. The van der Waals surface area contributed by atoms with Crippen LogP contribution in [0, 0.1) is 0 Å². The van der Waals surface area contributed by atoms with E-state index in [0.29, 0.717) is 24.5 Å². The van der Waals surface area contributed by atoms with Crippen molar-refractivity contribution in [1.29, 1.82) is 0 Å². The topological polar surface area (TPSA) is 76.4 Å². The lowest BCUT2D eigenvalue weighted by Crippen LogP contribution is -2.36. The van der Waals surface area contributed by atoms with Crippen LogP contribution in [-0.2, 0) is 9.53 Å². The monoisotopic (exact) mass is 215 g/mol. The van der Waals surface area contributed by atoms with Crippen LogP contribution in [0.25, 0.3) is 0 Å². The lowest BCUT2D eigenvalue weighted by molar-refractivity contribution is -0.136. The SMILES string of the molecule is CCN/C(C(=O)OC)=C(/NCC)C(C)N. The van der Waals surface area contributed by atoms with Crippen molar-refractivity contribution in [3.63, 3.8) is 0 Å². The van der Waals surface area contributed by atoms with Gasteiger partial charge in [-0.25, -0.2) is 4.79 Å². The van der Waals surface area contributed by atoms with Gasteiger partial charge in [0, 0.05) is 19.1 Å². The van der Waals surface area contributed by atoms with Crippen LogP contribution < -0.4 is 16.4 Å². The minimum absolute atomic E-state index is 0.238. The normalized spacial score (nSPS) is 13.9. The van der Waals surface area contributed by atoms with Crippen LogP contribution >= 0.6 is 0 Å². The number of hydrogen-bond donors (Lipinski definition) is 3. The minimum Gasteiger partial charge on any atom is -0.464 e. The summed E-state index contributed by atoms with van der Waals surface area (Å²) in [7, 11) is 1.35. The molecule has 5 nitrogen and oxygen atoms in total. The van der Waals surface area contributed by atoms with Gasteiger partial charge in [0.2, 0.25) is 0 Å². The number of esters is 1. The van der Waals surface area contributed by atoms with Gasteiger partial charge < -0.3 is 21.1 Å². The molecule has 0 rings (SSSR count). The van der Waals surface area contributed by atoms with Crippen molar-refractivity contribution < 1.29 is 9.53 Å². The van der Waals surface area contributed by atoms with Gasteiger partial charge in [-0.05, 0) is 20.8 Å². The standard InChI is InChI=1S/C10H21N3O2/c1-5-12-8(7(3)11)9(13-6-2)10(14)15-4/h7,12-13H,5-6,11H2,1-4H3/b9-8+. The highest BCUT2D eigenvalue weighted by Gasteiger charge is 2.17. The van der Waals surface area contributed by atoms with Gasteiger partial charge in [-0.15, -0.1) is 0 Å². The average molecular weight is 215 g/mol. The summed E-state index contributed by atoms with van der Waals surface area (Å²) in [6.45, 7) is 7.03. The van der Waals surface area contributed by atoms with E-state index < -0.39 is 5.97 Å². The first kappa shape index (κ1) is 13.8. The first-order valence-corrected chi connectivity index (χ1v) is 5.14. The third kappa shape index (κ3) is 4.20. The Labute approximate surface area is 91.0 Å². The molecule has 0 saturated heterocycles. The van der Waals surface area contributed by atoms with E-state index in [4.69, 9.17) is 5.73 Å². The molecule has 0 saturated carbocycles. The van der Waals surface area contributed by atoms with Crippen LogP contribution in [0.5, 0.6) is 0 Å². The van der Waals surface area contributed by atoms with Gasteiger partial charge in [-0.3, -0.25) is 0 Å². The molecule has 0 heterocycles. The van der Waals surface area contributed by atoms with E-state index in [-0.39, 0.29) is 6.04 Å². The second-order valence-electron chi connectivity index (χ2n) is 3.13. The van der Waals surface area contributed by atoms with E-state index >= 15 is 0 Å². The van der Waals surface area contributed by atoms with Crippen LogP contribution in [0.3, 0.4) is 0 Å². The molecule has 88 valence electrons. The molecule has 0 fully saturated rings. The Morgan fingerprint density at radius 1 is 1.33 bits per heavy atom. The number of hydrogen-bond acceptors (Lipinski definition) is 5. The fourth-order valence-electron chi connectivity index (χ4n) is 1.22. The van der Waals surface area contributed by atoms with Gasteiger partial charge in [-0.2, -0.15) is 0 Å². The summed E-state index contributed by atoms with van der Waals surface area (Å²) in [6, 6.07) is -0.238. The summed E-state index contributed by atoms with van der Waals surface area (Å²) in [6.07, 6.45) is 0. The molecule has 1 unspecified atom stereocenters. The molecule has 5 heteroatoms. The highest BCUT2D eigenvalue weighted by Crippen LogP contribution is 2.04. The first-order valence-electron chi connectivity index (χ1n) is 5.14. The number of methoxy groups -OCH3 is 1. The summed E-state index contributed by atoms with van der Waals surface area (Å²) in [5, 5.41) is 6.04. The number of ether oxygens (including phenoxy) is 1. The molecule has 0 aromatic carbocycles. The third-order valence-corrected chi connectivity index (χ3v) is 1.83. The molecule has 0 aliphatic rings. The molecule has 1 atom stereocenters. The van der Waals surface area contributed by atoms with Crippen LogP contribution in [0.15, 0.2) is 11.4 Å². The second-order valence-corrected chi connectivity index (χ2v) is 3.13. The number of nitrogens with one attached hydrogen (secondary N) is 2. The Balaban J connectivity index is 5.04. The largest absolute Gasteiger partial charge is 0.464 e. The van der Waals surface area contributed by atoms with E-state index in [2.05, 4.69) is 15.4 Å². The molecule has 0 aliphatic carbocycles. The molecule has 0 aromatic heterocycles. The number of nitrogens with two attached hydrogens (primary N) is 1. The molecule has 0 aliphatic heterocycles. The molecule has 0 aromatic rings. The fraction of sp³-hybridized carbons (Fsp3) is 0.700. The highest BCUT2D eigenvalue weighted by molar-refractivity contribution is 5.88. The van der Waals surface area contributed by atoms with Gasteiger partial charge in [0.1, 0.15) is 5.70 Å². The van der Waals surface area contributed by atoms with Gasteiger partial charge >= 0.3 is 5.97 Å². The summed E-state index contributed by atoms with van der Waals surface area (Å²) in [5.74, 6) is -0.398. The first-order chi connectivity index (χ1) is 7.08. The van der Waals surface area contributed by atoms with Crippen molar-refractivity contribution in [2.24, 2.45) is 5.73 Å². The third-order valence-electron chi connectivity index (χ3n) is 1.83. The van der Waals surface area contributed by atoms with Crippen molar-refractivity contribution in [3.8, 4) is 0 Å². The van der Waals surface area contributed by atoms with E-state index in [1.807, 2.05) is 20.8 Å². The Hall–Kier alpha value is -1.23. The lowest BCUT2D eigenvalue weighted by atomic mass is 10.2. The van der Waals surface area contributed by atoms with E-state index in [1.54, 1.807) is 0 Å². The zero-order valence-corrected chi connectivity index (χ0v) is 9.89. The summed E-state index contributed by atoms with van der Waals surface area (Å²) < 4.78 is 4.69. The van der Waals surface area contributed by atoms with Crippen LogP contribution in [0.1, 0.15) is 20.8 Å². The van der Waals surface area contributed by atoms with Crippen molar-refractivity contribution >= 4 is 5.97 Å². The van der Waals surface area contributed by atoms with Crippen molar-refractivity contribution in [2.45, 2.75) is 26.8 Å². The van der Waals surface area contributed by atoms with Gasteiger partial charge in [0.25, 0.3) is 0 Å². The maximum Gasteiger partial charge on any atom is 0.355 e. The predicted octanol–water partition coefficient (Wildman–Crippen LogP) is -0.0628. The van der Waals surface area contributed by atoms with Crippen LogP contribution in [0.2, 0.25) is 0 Å². The molecule has 0 bridgehead atoms. The lowest BCUT2D eigenvalue weighted by Gasteiger charge is -2.18. The van der Waals surface area contributed by atoms with E-state index in [0.717, 1.165) is 0 Å². The van der Waals surface area contributed by atoms with Crippen LogP contribution in [-0.4, -0.2) is 32.2 Å². The number of likely N-dealkylation sites (N-methyl/N-ethyl adjacent to an activating group) is 2. The van der Waals surface area contributed by atoms with Gasteiger partial charge in [-0.1, -0.05) is 0 Å². The molecule has 0 spiro atoms.